The zero-order valence-electron chi connectivity index (χ0n) is 15.1. The Labute approximate surface area is 162 Å². The SMILES string of the molecule is O=C(C[NH2+][C@H](c1ccccc1)c1ccc(OC(F)F)cc1)Nc1ccccc1. The minimum Gasteiger partial charge on any atom is -0.435 e. The molecule has 4 nitrogen and oxygen atoms in total. The molecule has 0 aromatic heterocycles. The van der Waals surface area contributed by atoms with E-state index in [0.29, 0.717) is 0 Å². The van der Waals surface area contributed by atoms with Gasteiger partial charge in [0.1, 0.15) is 11.8 Å². The van der Waals surface area contributed by atoms with Crippen LogP contribution in [0.15, 0.2) is 84.9 Å². The van der Waals surface area contributed by atoms with Crippen molar-refractivity contribution in [1.82, 2.24) is 0 Å². The third-order valence-electron chi connectivity index (χ3n) is 4.22. The lowest BCUT2D eigenvalue weighted by Crippen LogP contribution is -2.87. The van der Waals surface area contributed by atoms with Crippen molar-refractivity contribution in [3.05, 3.63) is 96.1 Å². The third-order valence-corrected chi connectivity index (χ3v) is 4.22. The number of nitrogens with two attached hydrogens (primary N) is 1. The lowest BCUT2D eigenvalue weighted by molar-refractivity contribution is -0.676. The lowest BCUT2D eigenvalue weighted by Gasteiger charge is -2.17. The van der Waals surface area contributed by atoms with Crippen molar-refractivity contribution in [3.63, 3.8) is 0 Å². The monoisotopic (exact) mass is 383 g/mol. The number of anilines is 1. The van der Waals surface area contributed by atoms with E-state index in [9.17, 15) is 13.6 Å². The molecule has 28 heavy (non-hydrogen) atoms. The van der Waals surface area contributed by atoms with E-state index in [0.717, 1.165) is 16.8 Å². The number of halogens is 2. The second-order valence-corrected chi connectivity index (χ2v) is 6.19. The van der Waals surface area contributed by atoms with Crippen molar-refractivity contribution < 1.29 is 23.6 Å². The number of nitrogens with one attached hydrogen (secondary N) is 1. The molecule has 0 bridgehead atoms. The first-order valence-corrected chi connectivity index (χ1v) is 8.90. The summed E-state index contributed by atoms with van der Waals surface area (Å²) in [4.78, 5) is 12.3. The summed E-state index contributed by atoms with van der Waals surface area (Å²) < 4.78 is 29.1. The largest absolute Gasteiger partial charge is 0.435 e. The van der Waals surface area contributed by atoms with Gasteiger partial charge in [0, 0.05) is 16.8 Å². The number of rotatable bonds is 8. The summed E-state index contributed by atoms with van der Waals surface area (Å²) in [6.45, 7) is -2.65. The first-order valence-electron chi connectivity index (χ1n) is 8.90. The van der Waals surface area contributed by atoms with E-state index in [2.05, 4.69) is 10.1 Å². The summed E-state index contributed by atoms with van der Waals surface area (Å²) in [6, 6.07) is 25.3. The quantitative estimate of drug-likeness (QED) is 0.625. The highest BCUT2D eigenvalue weighted by atomic mass is 19.3. The van der Waals surface area contributed by atoms with E-state index in [1.807, 2.05) is 66.0 Å². The molecule has 0 saturated carbocycles. The third kappa shape index (κ3) is 5.62. The topological polar surface area (TPSA) is 54.9 Å². The van der Waals surface area contributed by atoms with Gasteiger partial charge in [-0.25, -0.2) is 0 Å². The first-order chi connectivity index (χ1) is 13.6. The van der Waals surface area contributed by atoms with Crippen molar-refractivity contribution in [2.45, 2.75) is 12.7 Å². The maximum absolute atomic E-state index is 12.4. The molecule has 0 unspecified atom stereocenters. The van der Waals surface area contributed by atoms with E-state index < -0.39 is 6.61 Å². The van der Waals surface area contributed by atoms with Crippen LogP contribution in [0.25, 0.3) is 0 Å². The molecule has 3 rings (SSSR count). The van der Waals surface area contributed by atoms with Crippen LogP contribution in [-0.2, 0) is 4.79 Å². The number of ether oxygens (including phenoxy) is 1. The second kappa shape index (κ2) is 9.62. The van der Waals surface area contributed by atoms with Gasteiger partial charge in [-0.15, -0.1) is 0 Å². The molecule has 1 amide bonds. The fourth-order valence-corrected chi connectivity index (χ4v) is 2.94. The number of para-hydroxylation sites is 1. The Morgan fingerprint density at radius 3 is 2.04 bits per heavy atom. The highest BCUT2D eigenvalue weighted by Gasteiger charge is 2.19. The average Bonchev–Trinajstić information content (AvgIpc) is 2.70. The van der Waals surface area contributed by atoms with Crippen LogP contribution >= 0.6 is 0 Å². The fraction of sp³-hybridized carbons (Fsp3) is 0.136. The standard InChI is InChI=1S/C22H20F2N2O2/c23-22(24)28-19-13-11-17(12-14-19)21(16-7-3-1-4-8-16)25-15-20(27)26-18-9-5-2-6-10-18/h1-14,21-22,25H,15H2,(H,26,27)/p+1/t21-/m1/s1. The molecule has 144 valence electrons. The lowest BCUT2D eigenvalue weighted by atomic mass is 9.98. The summed E-state index contributed by atoms with van der Waals surface area (Å²) in [6.07, 6.45) is 0. The van der Waals surface area contributed by atoms with Crippen LogP contribution in [0.3, 0.4) is 0 Å². The Bertz CT molecular complexity index is 872. The van der Waals surface area contributed by atoms with Crippen LogP contribution in [0.2, 0.25) is 0 Å². The zero-order valence-corrected chi connectivity index (χ0v) is 15.1. The van der Waals surface area contributed by atoms with E-state index in [4.69, 9.17) is 0 Å². The van der Waals surface area contributed by atoms with Crippen molar-refractivity contribution >= 4 is 11.6 Å². The highest BCUT2D eigenvalue weighted by molar-refractivity contribution is 5.91. The molecule has 3 aromatic rings. The molecule has 3 aromatic carbocycles. The predicted octanol–water partition coefficient (Wildman–Crippen LogP) is 3.58. The molecule has 0 aliphatic rings. The summed E-state index contributed by atoms with van der Waals surface area (Å²) in [5.74, 6) is -0.0165. The molecular formula is C22H21F2N2O2+. The van der Waals surface area contributed by atoms with Crippen LogP contribution in [0.5, 0.6) is 5.75 Å². The summed E-state index contributed by atoms with van der Waals surface area (Å²) in [5.41, 5.74) is 2.64. The minimum absolute atomic E-state index is 0.104. The van der Waals surface area contributed by atoms with Gasteiger partial charge in [-0.05, 0) is 36.4 Å². The van der Waals surface area contributed by atoms with Gasteiger partial charge in [-0.3, -0.25) is 4.79 Å². The minimum atomic E-state index is -2.86. The Kier molecular flexibility index (Phi) is 6.70. The number of benzene rings is 3. The summed E-state index contributed by atoms with van der Waals surface area (Å²) >= 11 is 0. The molecule has 0 aliphatic carbocycles. The highest BCUT2D eigenvalue weighted by Crippen LogP contribution is 2.22. The van der Waals surface area contributed by atoms with Crippen molar-refractivity contribution in [3.8, 4) is 5.75 Å². The van der Waals surface area contributed by atoms with Gasteiger partial charge >= 0.3 is 6.61 Å². The van der Waals surface area contributed by atoms with E-state index in [1.165, 1.54) is 12.1 Å². The normalized spacial score (nSPS) is 11.8. The smallest absolute Gasteiger partial charge is 0.387 e. The number of hydrogen-bond donors (Lipinski definition) is 2. The number of alkyl halides is 2. The maximum Gasteiger partial charge on any atom is 0.387 e. The molecule has 0 heterocycles. The van der Waals surface area contributed by atoms with Crippen molar-refractivity contribution in [1.29, 1.82) is 0 Å². The zero-order chi connectivity index (χ0) is 19.8. The van der Waals surface area contributed by atoms with Gasteiger partial charge in [0.25, 0.3) is 5.91 Å². The summed E-state index contributed by atoms with van der Waals surface area (Å²) in [7, 11) is 0. The molecule has 0 spiro atoms. The number of quaternary nitrogens is 1. The Balaban J connectivity index is 1.72. The number of amides is 1. The molecule has 0 aliphatic heterocycles. The number of hydrogen-bond acceptors (Lipinski definition) is 2. The van der Waals surface area contributed by atoms with Crippen molar-refractivity contribution in [2.75, 3.05) is 11.9 Å². The van der Waals surface area contributed by atoms with Crippen molar-refractivity contribution in [2.24, 2.45) is 0 Å². The molecule has 1 atom stereocenters. The van der Waals surface area contributed by atoms with Crippen LogP contribution in [0, 0.1) is 0 Å². The van der Waals surface area contributed by atoms with Gasteiger partial charge < -0.3 is 15.4 Å². The van der Waals surface area contributed by atoms with E-state index in [-0.39, 0.29) is 24.2 Å². The Hall–Kier alpha value is -3.25. The molecule has 0 radical (unpaired) electrons. The van der Waals surface area contributed by atoms with Gasteiger partial charge in [0.05, 0.1) is 0 Å². The van der Waals surface area contributed by atoms with Crippen LogP contribution < -0.4 is 15.4 Å². The van der Waals surface area contributed by atoms with Crippen LogP contribution in [-0.4, -0.2) is 19.1 Å². The van der Waals surface area contributed by atoms with Crippen LogP contribution in [0.1, 0.15) is 17.2 Å². The van der Waals surface area contributed by atoms with Gasteiger partial charge in [0.2, 0.25) is 0 Å². The number of carbonyl (C=O) groups excluding carboxylic acids is 1. The first kappa shape index (κ1) is 19.5. The van der Waals surface area contributed by atoms with Crippen LogP contribution in [0.4, 0.5) is 14.5 Å². The van der Waals surface area contributed by atoms with Gasteiger partial charge in [0.15, 0.2) is 6.54 Å². The second-order valence-electron chi connectivity index (χ2n) is 6.19. The van der Waals surface area contributed by atoms with Gasteiger partial charge in [-0.2, -0.15) is 8.78 Å². The molecular weight excluding hydrogens is 362 g/mol. The van der Waals surface area contributed by atoms with Gasteiger partial charge in [-0.1, -0.05) is 48.5 Å². The molecule has 3 N–H and O–H groups in total. The maximum atomic E-state index is 12.4. The molecule has 6 heteroatoms. The van der Waals surface area contributed by atoms with E-state index >= 15 is 0 Å². The fourth-order valence-electron chi connectivity index (χ4n) is 2.94. The number of carbonyl (C=O) groups is 1. The summed E-state index contributed by atoms with van der Waals surface area (Å²) in [5, 5.41) is 4.77. The molecule has 0 saturated heterocycles. The average molecular weight is 383 g/mol. The van der Waals surface area contributed by atoms with E-state index in [1.54, 1.807) is 12.1 Å². The predicted molar refractivity (Wildman–Crippen MR) is 103 cm³/mol. The Morgan fingerprint density at radius 2 is 1.43 bits per heavy atom. The Morgan fingerprint density at radius 1 is 0.857 bits per heavy atom. The molecule has 0 fully saturated rings.